The molecule has 3 heterocycles. The number of carbonyl (C=O) groups excluding carboxylic acids is 2. The van der Waals surface area contributed by atoms with E-state index in [1.54, 1.807) is 42.5 Å². The molecule has 0 bridgehead atoms. The van der Waals surface area contributed by atoms with E-state index in [4.69, 9.17) is 25.5 Å². The summed E-state index contributed by atoms with van der Waals surface area (Å²) in [6.45, 7) is 2.00. The molecular formula is C27H18ClNO6. The normalized spacial score (nSPS) is 17.0. The second-order valence-corrected chi connectivity index (χ2v) is 8.85. The van der Waals surface area contributed by atoms with Crippen molar-refractivity contribution in [2.45, 2.75) is 13.0 Å². The van der Waals surface area contributed by atoms with Crippen molar-refractivity contribution in [1.82, 2.24) is 0 Å². The molecule has 174 valence electrons. The summed E-state index contributed by atoms with van der Waals surface area (Å²) in [7, 11) is 0. The van der Waals surface area contributed by atoms with E-state index in [1.807, 2.05) is 31.2 Å². The Kier molecular flexibility index (Phi) is 4.82. The average molecular weight is 488 g/mol. The van der Waals surface area contributed by atoms with Gasteiger partial charge in [-0.2, -0.15) is 0 Å². The van der Waals surface area contributed by atoms with Crippen LogP contribution in [0.1, 0.15) is 27.7 Å². The van der Waals surface area contributed by atoms with Crippen LogP contribution in [0.15, 0.2) is 82.5 Å². The number of ketones is 1. The van der Waals surface area contributed by atoms with Crippen molar-refractivity contribution in [3.8, 4) is 11.5 Å². The van der Waals surface area contributed by atoms with Gasteiger partial charge in [-0.15, -0.1) is 0 Å². The summed E-state index contributed by atoms with van der Waals surface area (Å²) < 4.78 is 16.6. The van der Waals surface area contributed by atoms with Crippen LogP contribution in [-0.4, -0.2) is 23.6 Å². The molecule has 4 aromatic rings. The molecule has 1 aromatic heterocycles. The molecule has 1 amide bonds. The van der Waals surface area contributed by atoms with Crippen molar-refractivity contribution in [3.05, 3.63) is 100.0 Å². The molecule has 1 N–H and O–H groups in total. The average Bonchev–Trinajstić information content (AvgIpc) is 3.54. The Labute approximate surface area is 204 Å². The standard InChI is InChI=1S/C27H18ClNO6/c1-14-3-2-4-15(9-14)24-23(25(30)22-11-16-10-17(28)5-7-19(16)35-22)26(31)27(32)29(24)18-6-8-20-21(12-18)34-13-33-20/h2-12,24,31H,13H2,1H3. The van der Waals surface area contributed by atoms with E-state index in [0.29, 0.717) is 38.7 Å². The van der Waals surface area contributed by atoms with Crippen LogP contribution in [0.5, 0.6) is 11.5 Å². The first-order valence-corrected chi connectivity index (χ1v) is 11.3. The number of anilines is 1. The predicted octanol–water partition coefficient (Wildman–Crippen LogP) is 5.91. The van der Waals surface area contributed by atoms with Crippen LogP contribution in [0.4, 0.5) is 5.69 Å². The summed E-state index contributed by atoms with van der Waals surface area (Å²) in [5, 5.41) is 12.1. The van der Waals surface area contributed by atoms with Crippen molar-refractivity contribution < 1.29 is 28.6 Å². The van der Waals surface area contributed by atoms with Gasteiger partial charge in [0.15, 0.2) is 23.0 Å². The van der Waals surface area contributed by atoms with Crippen LogP contribution in [0.3, 0.4) is 0 Å². The number of furan rings is 1. The molecule has 0 fully saturated rings. The van der Waals surface area contributed by atoms with Crippen LogP contribution in [0.2, 0.25) is 5.02 Å². The van der Waals surface area contributed by atoms with Crippen LogP contribution in [0.25, 0.3) is 11.0 Å². The topological polar surface area (TPSA) is 89.2 Å². The molecule has 3 aromatic carbocycles. The maximum atomic E-state index is 13.7. The van der Waals surface area contributed by atoms with Gasteiger partial charge < -0.3 is 19.0 Å². The van der Waals surface area contributed by atoms with Gasteiger partial charge in [-0.05, 0) is 48.9 Å². The summed E-state index contributed by atoms with van der Waals surface area (Å²) in [5.41, 5.74) is 2.47. The smallest absolute Gasteiger partial charge is 0.294 e. The minimum Gasteiger partial charge on any atom is -0.503 e. The Bertz CT molecular complexity index is 1570. The zero-order valence-electron chi connectivity index (χ0n) is 18.4. The summed E-state index contributed by atoms with van der Waals surface area (Å²) in [4.78, 5) is 28.5. The first kappa shape index (κ1) is 21.3. The quantitative estimate of drug-likeness (QED) is 0.360. The number of aliphatic hydroxyl groups is 1. The number of nitrogens with zero attached hydrogens (tertiary/aromatic N) is 1. The van der Waals surface area contributed by atoms with E-state index >= 15 is 0 Å². The SMILES string of the molecule is Cc1cccc(C2C(C(=O)c3cc4cc(Cl)ccc4o3)=C(O)C(=O)N2c2ccc3c(c2)OCO3)c1. The zero-order valence-corrected chi connectivity index (χ0v) is 19.2. The van der Waals surface area contributed by atoms with Crippen molar-refractivity contribution in [2.75, 3.05) is 11.7 Å². The third-order valence-corrected chi connectivity index (χ3v) is 6.38. The Morgan fingerprint density at radius 1 is 1.03 bits per heavy atom. The fourth-order valence-corrected chi connectivity index (χ4v) is 4.73. The van der Waals surface area contributed by atoms with E-state index in [9.17, 15) is 14.7 Å². The number of hydrogen-bond donors (Lipinski definition) is 1. The lowest BCUT2D eigenvalue weighted by atomic mass is 9.94. The first-order valence-electron chi connectivity index (χ1n) is 10.9. The minimum absolute atomic E-state index is 0.00167. The monoisotopic (exact) mass is 487 g/mol. The third kappa shape index (κ3) is 3.43. The van der Waals surface area contributed by atoms with Gasteiger partial charge >= 0.3 is 0 Å². The summed E-state index contributed by atoms with van der Waals surface area (Å²) in [5.74, 6) is -0.871. The number of benzene rings is 3. The van der Waals surface area contributed by atoms with Gasteiger partial charge in [0.05, 0.1) is 11.6 Å². The number of aryl methyl sites for hydroxylation is 1. The second-order valence-electron chi connectivity index (χ2n) is 8.41. The van der Waals surface area contributed by atoms with E-state index in [2.05, 4.69) is 0 Å². The second kappa shape index (κ2) is 7.92. The molecular weight excluding hydrogens is 470 g/mol. The van der Waals surface area contributed by atoms with Gasteiger partial charge in [-0.3, -0.25) is 14.5 Å². The van der Waals surface area contributed by atoms with E-state index < -0.39 is 23.5 Å². The number of hydrogen-bond acceptors (Lipinski definition) is 6. The van der Waals surface area contributed by atoms with E-state index in [0.717, 1.165) is 5.56 Å². The fraction of sp³-hybridized carbons (Fsp3) is 0.111. The molecule has 0 spiro atoms. The highest BCUT2D eigenvalue weighted by atomic mass is 35.5. The summed E-state index contributed by atoms with van der Waals surface area (Å²) >= 11 is 6.08. The van der Waals surface area contributed by atoms with Crippen LogP contribution >= 0.6 is 11.6 Å². The lowest BCUT2D eigenvalue weighted by molar-refractivity contribution is -0.117. The molecule has 0 saturated carbocycles. The number of ether oxygens (including phenoxy) is 2. The Morgan fingerprint density at radius 2 is 1.86 bits per heavy atom. The number of aliphatic hydroxyl groups excluding tert-OH is 1. The molecule has 7 nitrogen and oxygen atoms in total. The van der Waals surface area contributed by atoms with Crippen LogP contribution in [0, 0.1) is 6.92 Å². The lowest BCUT2D eigenvalue weighted by Crippen LogP contribution is -2.31. The zero-order chi connectivity index (χ0) is 24.3. The fourth-order valence-electron chi connectivity index (χ4n) is 4.55. The number of Topliss-reactive ketones (excluding diaryl/α,β-unsaturated/α-hetero) is 1. The number of rotatable bonds is 4. The predicted molar refractivity (Wildman–Crippen MR) is 129 cm³/mol. The highest BCUT2D eigenvalue weighted by Gasteiger charge is 2.45. The molecule has 2 aliphatic heterocycles. The Balaban J connectivity index is 1.50. The minimum atomic E-state index is -0.882. The number of carbonyl (C=O) groups is 2. The highest BCUT2D eigenvalue weighted by molar-refractivity contribution is 6.31. The number of halogens is 1. The number of fused-ring (bicyclic) bond motifs is 2. The van der Waals surface area contributed by atoms with Crippen molar-refractivity contribution in [2.24, 2.45) is 0 Å². The van der Waals surface area contributed by atoms with Crippen molar-refractivity contribution in [1.29, 1.82) is 0 Å². The first-order chi connectivity index (χ1) is 16.9. The molecule has 0 saturated heterocycles. The highest BCUT2D eigenvalue weighted by Crippen LogP contribution is 2.45. The molecule has 1 unspecified atom stereocenters. The Hall–Kier alpha value is -4.23. The largest absolute Gasteiger partial charge is 0.503 e. The van der Waals surface area contributed by atoms with Crippen molar-refractivity contribution in [3.63, 3.8) is 0 Å². The van der Waals surface area contributed by atoms with Gasteiger partial charge in [-0.25, -0.2) is 0 Å². The third-order valence-electron chi connectivity index (χ3n) is 6.15. The van der Waals surface area contributed by atoms with Crippen LogP contribution in [-0.2, 0) is 4.79 Å². The molecule has 8 heteroatoms. The maximum Gasteiger partial charge on any atom is 0.294 e. The van der Waals surface area contributed by atoms with Gasteiger partial charge in [0.2, 0.25) is 12.6 Å². The summed E-state index contributed by atoms with van der Waals surface area (Å²) in [6, 6.07) is 18.2. The van der Waals surface area contributed by atoms with Gasteiger partial charge in [0.25, 0.3) is 5.91 Å². The number of amides is 1. The van der Waals surface area contributed by atoms with Crippen LogP contribution < -0.4 is 14.4 Å². The molecule has 6 rings (SSSR count). The molecule has 0 radical (unpaired) electrons. The lowest BCUT2D eigenvalue weighted by Gasteiger charge is -2.27. The van der Waals surface area contributed by atoms with Gasteiger partial charge in [0, 0.05) is 22.2 Å². The van der Waals surface area contributed by atoms with Crippen molar-refractivity contribution >= 4 is 39.9 Å². The Morgan fingerprint density at radius 3 is 2.69 bits per heavy atom. The van der Waals surface area contributed by atoms with E-state index in [-0.39, 0.29) is 18.1 Å². The maximum absolute atomic E-state index is 13.7. The summed E-state index contributed by atoms with van der Waals surface area (Å²) in [6.07, 6.45) is 0. The molecule has 0 aliphatic carbocycles. The molecule has 2 aliphatic rings. The molecule has 35 heavy (non-hydrogen) atoms. The van der Waals surface area contributed by atoms with Gasteiger partial charge in [-0.1, -0.05) is 41.4 Å². The molecule has 1 atom stereocenters. The van der Waals surface area contributed by atoms with Gasteiger partial charge in [0.1, 0.15) is 5.58 Å². The van der Waals surface area contributed by atoms with E-state index in [1.165, 1.54) is 4.90 Å².